The SMILES string of the molecule is CCN1CCC[C@@H]1CN(Cc1cn[nH]c1-c1ccccc1)C(=O)c1c(C)noc1C. The largest absolute Gasteiger partial charge is 0.361 e. The van der Waals surface area contributed by atoms with E-state index in [1.54, 1.807) is 6.92 Å². The van der Waals surface area contributed by atoms with Crippen LogP contribution in [0, 0.1) is 13.8 Å². The molecule has 1 aromatic carbocycles. The molecular formula is C23H29N5O2. The van der Waals surface area contributed by atoms with Crippen molar-refractivity contribution in [1.82, 2.24) is 25.2 Å². The summed E-state index contributed by atoms with van der Waals surface area (Å²) < 4.78 is 5.28. The first-order valence-electron chi connectivity index (χ1n) is 10.6. The van der Waals surface area contributed by atoms with Crippen molar-refractivity contribution in [2.75, 3.05) is 19.6 Å². The van der Waals surface area contributed by atoms with Gasteiger partial charge in [-0.3, -0.25) is 14.8 Å². The van der Waals surface area contributed by atoms with E-state index in [0.717, 1.165) is 36.3 Å². The molecule has 0 aliphatic carbocycles. The van der Waals surface area contributed by atoms with E-state index in [2.05, 4.69) is 27.2 Å². The van der Waals surface area contributed by atoms with Gasteiger partial charge >= 0.3 is 0 Å². The molecule has 2 aromatic heterocycles. The molecule has 7 nitrogen and oxygen atoms in total. The van der Waals surface area contributed by atoms with E-state index in [-0.39, 0.29) is 5.91 Å². The van der Waals surface area contributed by atoms with Crippen molar-refractivity contribution in [2.45, 2.75) is 46.2 Å². The second-order valence-electron chi connectivity index (χ2n) is 7.95. The first kappa shape index (κ1) is 20.3. The number of likely N-dealkylation sites (N-methyl/N-ethyl adjacent to an activating group) is 1. The summed E-state index contributed by atoms with van der Waals surface area (Å²) >= 11 is 0. The Bertz CT molecular complexity index is 975. The highest BCUT2D eigenvalue weighted by Crippen LogP contribution is 2.26. The third kappa shape index (κ3) is 4.03. The lowest BCUT2D eigenvalue weighted by atomic mass is 10.1. The molecule has 1 saturated heterocycles. The number of H-pyrrole nitrogens is 1. The van der Waals surface area contributed by atoms with E-state index < -0.39 is 0 Å². The molecule has 1 amide bonds. The lowest BCUT2D eigenvalue weighted by molar-refractivity contribution is 0.0690. The van der Waals surface area contributed by atoms with Gasteiger partial charge in [-0.15, -0.1) is 0 Å². The van der Waals surface area contributed by atoms with Crippen LogP contribution in [-0.4, -0.2) is 56.7 Å². The van der Waals surface area contributed by atoms with E-state index in [0.29, 0.717) is 36.1 Å². The Labute approximate surface area is 177 Å². The average Bonchev–Trinajstić information content (AvgIpc) is 3.48. The zero-order valence-electron chi connectivity index (χ0n) is 17.9. The Hall–Kier alpha value is -2.93. The van der Waals surface area contributed by atoms with Crippen molar-refractivity contribution in [3.05, 3.63) is 59.1 Å². The van der Waals surface area contributed by atoms with Crippen LogP contribution >= 0.6 is 0 Å². The lowest BCUT2D eigenvalue weighted by Crippen LogP contribution is -2.43. The highest BCUT2D eigenvalue weighted by atomic mass is 16.5. The van der Waals surface area contributed by atoms with Crippen molar-refractivity contribution >= 4 is 5.91 Å². The van der Waals surface area contributed by atoms with Gasteiger partial charge in [-0.1, -0.05) is 42.4 Å². The van der Waals surface area contributed by atoms with E-state index in [1.165, 1.54) is 6.42 Å². The minimum atomic E-state index is -0.0329. The molecule has 3 aromatic rings. The summed E-state index contributed by atoms with van der Waals surface area (Å²) in [5.41, 5.74) is 4.22. The minimum Gasteiger partial charge on any atom is -0.361 e. The van der Waals surface area contributed by atoms with Gasteiger partial charge in [-0.2, -0.15) is 5.10 Å². The van der Waals surface area contributed by atoms with Crippen LogP contribution in [0.15, 0.2) is 41.1 Å². The van der Waals surface area contributed by atoms with E-state index in [9.17, 15) is 4.79 Å². The van der Waals surface area contributed by atoms with Gasteiger partial charge in [0.05, 0.1) is 17.6 Å². The number of aromatic nitrogens is 3. The van der Waals surface area contributed by atoms with Gasteiger partial charge in [-0.25, -0.2) is 0 Å². The third-order valence-corrected chi connectivity index (χ3v) is 6.01. The first-order valence-corrected chi connectivity index (χ1v) is 10.6. The zero-order chi connectivity index (χ0) is 21.1. The van der Waals surface area contributed by atoms with Gasteiger partial charge in [0.15, 0.2) is 0 Å². The van der Waals surface area contributed by atoms with Gasteiger partial charge in [0.25, 0.3) is 5.91 Å². The third-order valence-electron chi connectivity index (χ3n) is 6.01. The first-order chi connectivity index (χ1) is 14.6. The smallest absolute Gasteiger partial charge is 0.259 e. The van der Waals surface area contributed by atoms with Crippen molar-refractivity contribution in [3.63, 3.8) is 0 Å². The average molecular weight is 408 g/mol. The lowest BCUT2D eigenvalue weighted by Gasteiger charge is -2.30. The van der Waals surface area contributed by atoms with Crippen LogP contribution in [0.4, 0.5) is 0 Å². The Morgan fingerprint density at radius 1 is 1.30 bits per heavy atom. The molecule has 4 rings (SSSR count). The number of aromatic amines is 1. The van der Waals surface area contributed by atoms with Gasteiger partial charge in [-0.05, 0) is 45.3 Å². The molecule has 1 aliphatic rings. The number of carbonyl (C=O) groups excluding carboxylic acids is 1. The second-order valence-corrected chi connectivity index (χ2v) is 7.95. The molecular weight excluding hydrogens is 378 g/mol. The molecule has 0 spiro atoms. The summed E-state index contributed by atoms with van der Waals surface area (Å²) in [7, 11) is 0. The van der Waals surface area contributed by atoms with Crippen molar-refractivity contribution in [3.8, 4) is 11.3 Å². The summed E-state index contributed by atoms with van der Waals surface area (Å²) in [6.45, 7) is 9.06. The number of amides is 1. The van der Waals surface area contributed by atoms with Crippen molar-refractivity contribution in [2.24, 2.45) is 0 Å². The zero-order valence-corrected chi connectivity index (χ0v) is 17.9. The summed E-state index contributed by atoms with van der Waals surface area (Å²) in [5, 5.41) is 11.4. The van der Waals surface area contributed by atoms with E-state index in [4.69, 9.17) is 4.52 Å². The van der Waals surface area contributed by atoms with Gasteiger partial charge in [0.2, 0.25) is 0 Å². The number of nitrogens with zero attached hydrogens (tertiary/aromatic N) is 4. The monoisotopic (exact) mass is 407 g/mol. The summed E-state index contributed by atoms with van der Waals surface area (Å²) in [4.78, 5) is 18.0. The topological polar surface area (TPSA) is 78.3 Å². The number of hydrogen-bond donors (Lipinski definition) is 1. The number of likely N-dealkylation sites (tertiary alicyclic amines) is 1. The molecule has 0 bridgehead atoms. The fourth-order valence-corrected chi connectivity index (χ4v) is 4.43. The minimum absolute atomic E-state index is 0.0329. The van der Waals surface area contributed by atoms with Crippen LogP contribution in [-0.2, 0) is 6.54 Å². The number of nitrogens with one attached hydrogen (secondary N) is 1. The van der Waals surface area contributed by atoms with Crippen LogP contribution in [0.25, 0.3) is 11.3 Å². The molecule has 1 atom stereocenters. The molecule has 7 heteroatoms. The van der Waals surface area contributed by atoms with Gasteiger partial charge in [0, 0.05) is 24.7 Å². The maximum Gasteiger partial charge on any atom is 0.259 e. The molecule has 1 aliphatic heterocycles. The second kappa shape index (κ2) is 8.83. The molecule has 0 saturated carbocycles. The Morgan fingerprint density at radius 3 is 2.80 bits per heavy atom. The maximum absolute atomic E-state index is 13.6. The maximum atomic E-state index is 13.6. The van der Waals surface area contributed by atoms with Crippen LogP contribution in [0.5, 0.6) is 0 Å². The number of aryl methyl sites for hydroxylation is 2. The summed E-state index contributed by atoms with van der Waals surface area (Å²) in [5.74, 6) is 0.533. The fourth-order valence-electron chi connectivity index (χ4n) is 4.43. The van der Waals surface area contributed by atoms with Crippen LogP contribution in [0.2, 0.25) is 0 Å². The number of benzene rings is 1. The van der Waals surface area contributed by atoms with Crippen molar-refractivity contribution in [1.29, 1.82) is 0 Å². The van der Waals surface area contributed by atoms with Crippen LogP contribution in [0.1, 0.15) is 47.1 Å². The molecule has 1 fully saturated rings. The number of rotatable bonds is 7. The molecule has 0 radical (unpaired) electrons. The van der Waals surface area contributed by atoms with Crippen LogP contribution in [0.3, 0.4) is 0 Å². The van der Waals surface area contributed by atoms with Crippen molar-refractivity contribution < 1.29 is 9.32 Å². The molecule has 3 heterocycles. The summed E-state index contributed by atoms with van der Waals surface area (Å²) in [6.07, 6.45) is 4.10. The molecule has 158 valence electrons. The predicted molar refractivity (Wildman–Crippen MR) is 115 cm³/mol. The standard InChI is InChI=1S/C23H29N5O2/c1-4-27-12-8-11-20(27)15-28(23(29)21-16(2)26-30-17(21)3)14-19-13-24-25-22(19)18-9-6-5-7-10-18/h5-7,9-10,13,20H,4,8,11-12,14-15H2,1-3H3,(H,24,25)/t20-/m1/s1. The molecule has 30 heavy (non-hydrogen) atoms. The van der Waals surface area contributed by atoms with Crippen LogP contribution < -0.4 is 0 Å². The number of hydrogen-bond acceptors (Lipinski definition) is 5. The Morgan fingerprint density at radius 2 is 2.10 bits per heavy atom. The normalized spacial score (nSPS) is 16.8. The number of carbonyl (C=O) groups is 1. The Balaban J connectivity index is 1.64. The highest BCUT2D eigenvalue weighted by Gasteiger charge is 2.30. The fraction of sp³-hybridized carbons (Fsp3) is 0.435. The van der Waals surface area contributed by atoms with Gasteiger partial charge < -0.3 is 9.42 Å². The Kier molecular flexibility index (Phi) is 5.99. The highest BCUT2D eigenvalue weighted by molar-refractivity contribution is 5.96. The quantitative estimate of drug-likeness (QED) is 0.644. The predicted octanol–water partition coefficient (Wildman–Crippen LogP) is 3.81. The molecule has 0 unspecified atom stereocenters. The van der Waals surface area contributed by atoms with E-state index >= 15 is 0 Å². The summed E-state index contributed by atoms with van der Waals surface area (Å²) in [6, 6.07) is 10.5. The van der Waals surface area contributed by atoms with E-state index in [1.807, 2.05) is 48.4 Å². The van der Waals surface area contributed by atoms with Gasteiger partial charge in [0.1, 0.15) is 11.3 Å². The molecule has 1 N–H and O–H groups in total.